The first-order chi connectivity index (χ1) is 11.0. The second-order valence-corrected chi connectivity index (χ2v) is 5.43. The average Bonchev–Trinajstić information content (AvgIpc) is 2.55. The molecule has 1 rings (SSSR count). The van der Waals surface area contributed by atoms with Crippen LogP contribution in [0.3, 0.4) is 0 Å². The monoisotopic (exact) mass is 323 g/mol. The molecule has 0 spiro atoms. The lowest BCUT2D eigenvalue weighted by molar-refractivity contribution is -0.110. The number of hydrogen-bond donors (Lipinski definition) is 1. The van der Waals surface area contributed by atoms with E-state index in [1.54, 1.807) is 32.4 Å². The van der Waals surface area contributed by atoms with Crippen molar-refractivity contribution in [2.24, 2.45) is 5.92 Å². The Kier molecular flexibility index (Phi) is 8.11. The third-order valence-electron chi connectivity index (χ3n) is 3.40. The quantitative estimate of drug-likeness (QED) is 0.383. The van der Waals surface area contributed by atoms with Gasteiger partial charge in [-0.3, -0.25) is 9.59 Å². The largest absolute Gasteiger partial charge is 0.493 e. The molecule has 0 fully saturated rings. The van der Waals surface area contributed by atoms with E-state index in [0.29, 0.717) is 36.7 Å². The van der Waals surface area contributed by atoms with Gasteiger partial charge in [-0.15, -0.1) is 0 Å². The van der Waals surface area contributed by atoms with Gasteiger partial charge < -0.3 is 19.5 Å². The summed E-state index contributed by atoms with van der Waals surface area (Å²) in [5.74, 6) is 0.892. The SMILES string of the molecule is COCCCOc1cc(C(=O)[C@H](NC=O)C(C)C)ccc1OC. The molecule has 128 valence electrons. The average molecular weight is 323 g/mol. The Morgan fingerprint density at radius 1 is 1.22 bits per heavy atom. The third kappa shape index (κ3) is 5.56. The van der Waals surface area contributed by atoms with E-state index in [1.807, 2.05) is 13.8 Å². The molecule has 1 aromatic rings. The molecule has 0 saturated carbocycles. The zero-order valence-electron chi connectivity index (χ0n) is 14.1. The van der Waals surface area contributed by atoms with Gasteiger partial charge in [-0.2, -0.15) is 0 Å². The summed E-state index contributed by atoms with van der Waals surface area (Å²) < 4.78 is 15.9. The molecule has 0 radical (unpaired) electrons. The standard InChI is InChI=1S/C17H25NO5/c1-12(2)16(18-11-19)17(20)13-6-7-14(22-4)15(10-13)23-9-5-8-21-3/h6-7,10-12,16H,5,8-9H2,1-4H3,(H,18,19)/t16-/m1/s1. The summed E-state index contributed by atoms with van der Waals surface area (Å²) in [4.78, 5) is 23.3. The normalized spacial score (nSPS) is 11.9. The van der Waals surface area contributed by atoms with Crippen LogP contribution in [0.25, 0.3) is 0 Å². The molecule has 1 atom stereocenters. The van der Waals surface area contributed by atoms with Gasteiger partial charge >= 0.3 is 0 Å². The maximum Gasteiger partial charge on any atom is 0.207 e. The maximum absolute atomic E-state index is 12.6. The number of carbonyl (C=O) groups excluding carboxylic acids is 2. The van der Waals surface area contributed by atoms with Crippen molar-refractivity contribution in [3.05, 3.63) is 23.8 Å². The number of Topliss-reactive ketones (excluding diaryl/α,β-unsaturated/α-hetero) is 1. The molecular weight excluding hydrogens is 298 g/mol. The number of nitrogens with one attached hydrogen (secondary N) is 1. The highest BCUT2D eigenvalue weighted by Gasteiger charge is 2.23. The molecule has 0 aliphatic rings. The molecule has 1 N–H and O–H groups in total. The number of ether oxygens (including phenoxy) is 3. The van der Waals surface area contributed by atoms with Gasteiger partial charge in [-0.25, -0.2) is 0 Å². The van der Waals surface area contributed by atoms with Crippen molar-refractivity contribution in [2.75, 3.05) is 27.4 Å². The highest BCUT2D eigenvalue weighted by Crippen LogP contribution is 2.29. The van der Waals surface area contributed by atoms with Crippen LogP contribution in [0.1, 0.15) is 30.6 Å². The fraction of sp³-hybridized carbons (Fsp3) is 0.529. The maximum atomic E-state index is 12.6. The van der Waals surface area contributed by atoms with Crippen LogP contribution in [0.5, 0.6) is 11.5 Å². The Bertz CT molecular complexity index is 516. The van der Waals surface area contributed by atoms with Gasteiger partial charge in [-0.1, -0.05) is 13.8 Å². The number of benzene rings is 1. The molecule has 0 saturated heterocycles. The van der Waals surface area contributed by atoms with E-state index in [0.717, 1.165) is 6.42 Å². The van der Waals surface area contributed by atoms with Crippen molar-refractivity contribution in [1.82, 2.24) is 5.32 Å². The van der Waals surface area contributed by atoms with Crippen LogP contribution < -0.4 is 14.8 Å². The number of hydrogen-bond acceptors (Lipinski definition) is 5. The van der Waals surface area contributed by atoms with Gasteiger partial charge in [0, 0.05) is 25.7 Å². The Balaban J connectivity index is 2.94. The van der Waals surface area contributed by atoms with Crippen molar-refractivity contribution in [3.8, 4) is 11.5 Å². The summed E-state index contributed by atoms with van der Waals surface area (Å²) >= 11 is 0. The Labute approximate surface area is 137 Å². The van der Waals surface area contributed by atoms with Crippen molar-refractivity contribution in [3.63, 3.8) is 0 Å². The van der Waals surface area contributed by atoms with E-state index in [-0.39, 0.29) is 11.7 Å². The summed E-state index contributed by atoms with van der Waals surface area (Å²) in [6.07, 6.45) is 1.29. The molecule has 0 aromatic heterocycles. The van der Waals surface area contributed by atoms with Gasteiger partial charge in [0.2, 0.25) is 6.41 Å². The zero-order chi connectivity index (χ0) is 17.2. The first-order valence-corrected chi connectivity index (χ1v) is 7.58. The van der Waals surface area contributed by atoms with Crippen molar-refractivity contribution >= 4 is 12.2 Å². The molecule has 0 unspecified atom stereocenters. The van der Waals surface area contributed by atoms with Crippen molar-refractivity contribution < 1.29 is 23.8 Å². The molecule has 0 aliphatic heterocycles. The number of carbonyl (C=O) groups is 2. The van der Waals surface area contributed by atoms with E-state index >= 15 is 0 Å². The van der Waals surface area contributed by atoms with Crippen LogP contribution in [0.4, 0.5) is 0 Å². The zero-order valence-corrected chi connectivity index (χ0v) is 14.1. The van der Waals surface area contributed by atoms with Crippen molar-refractivity contribution in [1.29, 1.82) is 0 Å². The van der Waals surface area contributed by atoms with Gasteiger partial charge in [0.15, 0.2) is 17.3 Å². The molecule has 6 heteroatoms. The summed E-state index contributed by atoms with van der Waals surface area (Å²) in [6, 6.07) is 4.44. The van der Waals surface area contributed by atoms with E-state index in [2.05, 4.69) is 5.32 Å². The van der Waals surface area contributed by atoms with Gasteiger partial charge in [0.1, 0.15) is 0 Å². The molecule has 1 aromatic carbocycles. The molecule has 0 heterocycles. The van der Waals surface area contributed by atoms with Gasteiger partial charge in [-0.05, 0) is 24.1 Å². The minimum Gasteiger partial charge on any atom is -0.493 e. The topological polar surface area (TPSA) is 73.9 Å². The van der Waals surface area contributed by atoms with Crippen molar-refractivity contribution in [2.45, 2.75) is 26.3 Å². The molecule has 1 amide bonds. The molecule has 0 aliphatic carbocycles. The molecule has 0 bridgehead atoms. The third-order valence-corrected chi connectivity index (χ3v) is 3.40. The first-order valence-electron chi connectivity index (χ1n) is 7.58. The van der Waals surface area contributed by atoms with Crippen LogP contribution in [0, 0.1) is 5.92 Å². The number of ketones is 1. The second-order valence-electron chi connectivity index (χ2n) is 5.43. The summed E-state index contributed by atoms with van der Waals surface area (Å²) in [5, 5.41) is 2.57. The van der Waals surface area contributed by atoms with Gasteiger partial charge in [0.25, 0.3) is 0 Å². The lowest BCUT2D eigenvalue weighted by Gasteiger charge is -2.19. The minimum absolute atomic E-state index is 0.0131. The summed E-state index contributed by atoms with van der Waals surface area (Å²) in [6.45, 7) is 4.82. The lowest BCUT2D eigenvalue weighted by atomic mass is 9.95. The summed E-state index contributed by atoms with van der Waals surface area (Å²) in [7, 11) is 3.18. The van der Waals surface area contributed by atoms with Crippen LogP contribution in [0.15, 0.2) is 18.2 Å². The molecule has 6 nitrogen and oxygen atoms in total. The van der Waals surface area contributed by atoms with E-state index in [9.17, 15) is 9.59 Å². The Morgan fingerprint density at radius 3 is 2.52 bits per heavy atom. The number of rotatable bonds is 11. The highest BCUT2D eigenvalue weighted by molar-refractivity contribution is 6.01. The Morgan fingerprint density at radius 2 is 1.96 bits per heavy atom. The van der Waals surface area contributed by atoms with E-state index in [4.69, 9.17) is 14.2 Å². The molecule has 23 heavy (non-hydrogen) atoms. The fourth-order valence-corrected chi connectivity index (χ4v) is 2.15. The second kappa shape index (κ2) is 9.84. The number of amides is 1. The van der Waals surface area contributed by atoms with Crippen LogP contribution in [-0.2, 0) is 9.53 Å². The summed E-state index contributed by atoms with van der Waals surface area (Å²) in [5.41, 5.74) is 0.473. The predicted molar refractivity (Wildman–Crippen MR) is 87.1 cm³/mol. The van der Waals surface area contributed by atoms with Crippen LogP contribution in [0.2, 0.25) is 0 Å². The van der Waals surface area contributed by atoms with E-state index < -0.39 is 6.04 Å². The highest BCUT2D eigenvalue weighted by atomic mass is 16.5. The first kappa shape index (κ1) is 19.0. The lowest BCUT2D eigenvalue weighted by Crippen LogP contribution is -2.40. The predicted octanol–water partition coefficient (Wildman–Crippen LogP) is 2.06. The van der Waals surface area contributed by atoms with Crippen LogP contribution >= 0.6 is 0 Å². The molecular formula is C17H25NO5. The van der Waals surface area contributed by atoms with Gasteiger partial charge in [0.05, 0.1) is 19.8 Å². The Hall–Kier alpha value is -2.08. The fourth-order valence-electron chi connectivity index (χ4n) is 2.15. The minimum atomic E-state index is -0.567. The smallest absolute Gasteiger partial charge is 0.207 e. The van der Waals surface area contributed by atoms with Crippen LogP contribution in [-0.4, -0.2) is 45.7 Å². The van der Waals surface area contributed by atoms with E-state index in [1.165, 1.54) is 0 Å². The number of methoxy groups -OCH3 is 2.